The Morgan fingerprint density at radius 1 is 0.857 bits per heavy atom. The summed E-state index contributed by atoms with van der Waals surface area (Å²) >= 11 is 0. The molecule has 28 heavy (non-hydrogen) atoms. The Bertz CT molecular complexity index is 924. The summed E-state index contributed by atoms with van der Waals surface area (Å²) < 4.78 is 5.72. The quantitative estimate of drug-likeness (QED) is 0.633. The van der Waals surface area contributed by atoms with Crippen LogP contribution in [0.25, 0.3) is 0 Å². The summed E-state index contributed by atoms with van der Waals surface area (Å²) in [6, 6.07) is 20.8. The number of nitrogens with two attached hydrogens (primary N) is 1. The first-order valence-corrected chi connectivity index (χ1v) is 8.85. The lowest BCUT2D eigenvalue weighted by atomic mass is 10.1. The number of amides is 2. The van der Waals surface area contributed by atoms with Crippen molar-refractivity contribution in [1.82, 2.24) is 10.3 Å². The zero-order valence-electron chi connectivity index (χ0n) is 15.3. The second-order valence-corrected chi connectivity index (χ2v) is 6.27. The molecule has 0 unspecified atom stereocenters. The third-order valence-corrected chi connectivity index (χ3v) is 4.13. The van der Waals surface area contributed by atoms with Crippen LogP contribution in [0.15, 0.2) is 72.9 Å². The van der Waals surface area contributed by atoms with Crippen LogP contribution in [-0.4, -0.2) is 16.8 Å². The molecule has 142 valence electrons. The number of nitrogens with one attached hydrogen (secondary N) is 1. The van der Waals surface area contributed by atoms with Gasteiger partial charge in [0.25, 0.3) is 11.8 Å². The maximum absolute atomic E-state index is 12.2. The molecule has 3 rings (SSSR count). The monoisotopic (exact) mass is 375 g/mol. The number of hydrogen-bond donors (Lipinski definition) is 2. The normalized spacial score (nSPS) is 10.4. The van der Waals surface area contributed by atoms with Gasteiger partial charge in [-0.25, -0.2) is 0 Å². The second-order valence-electron chi connectivity index (χ2n) is 6.27. The summed E-state index contributed by atoms with van der Waals surface area (Å²) in [6.45, 7) is 1.49. The van der Waals surface area contributed by atoms with Crippen LogP contribution in [0.3, 0.4) is 0 Å². The van der Waals surface area contributed by atoms with E-state index in [1.165, 1.54) is 18.3 Å². The maximum Gasteiger partial charge on any atom is 0.267 e. The topological polar surface area (TPSA) is 94.3 Å². The number of nitrogens with zero attached hydrogens (tertiary/aromatic N) is 1. The summed E-state index contributed by atoms with van der Waals surface area (Å²) in [6.07, 6.45) is 1.34. The number of rotatable bonds is 8. The first kappa shape index (κ1) is 19.3. The van der Waals surface area contributed by atoms with Crippen molar-refractivity contribution in [1.29, 1.82) is 0 Å². The third-order valence-electron chi connectivity index (χ3n) is 4.13. The van der Waals surface area contributed by atoms with Crippen LogP contribution in [0.4, 0.5) is 0 Å². The first-order chi connectivity index (χ1) is 13.6. The summed E-state index contributed by atoms with van der Waals surface area (Å²) in [4.78, 5) is 27.0. The van der Waals surface area contributed by atoms with E-state index in [4.69, 9.17) is 10.5 Å². The average Bonchev–Trinajstić information content (AvgIpc) is 2.74. The lowest BCUT2D eigenvalue weighted by Gasteiger charge is -2.08. The molecule has 0 fully saturated rings. The zero-order chi connectivity index (χ0) is 19.8. The number of carbonyl (C=O) groups excluding carboxylic acids is 2. The predicted molar refractivity (Wildman–Crippen MR) is 105 cm³/mol. The van der Waals surface area contributed by atoms with Crippen LogP contribution in [0.5, 0.6) is 0 Å². The fourth-order valence-corrected chi connectivity index (χ4v) is 2.57. The molecule has 0 saturated heterocycles. The lowest BCUT2D eigenvalue weighted by Crippen LogP contribution is -2.23. The number of aromatic nitrogens is 1. The molecule has 0 aliphatic carbocycles. The first-order valence-electron chi connectivity index (χ1n) is 8.85. The Hall–Kier alpha value is -3.51. The molecule has 0 atom stereocenters. The molecular weight excluding hydrogens is 354 g/mol. The Morgan fingerprint density at radius 3 is 2.11 bits per heavy atom. The third kappa shape index (κ3) is 5.49. The van der Waals surface area contributed by atoms with E-state index in [9.17, 15) is 9.59 Å². The van der Waals surface area contributed by atoms with Gasteiger partial charge in [0.05, 0.1) is 18.8 Å². The van der Waals surface area contributed by atoms with Gasteiger partial charge < -0.3 is 15.8 Å². The van der Waals surface area contributed by atoms with Gasteiger partial charge in [-0.15, -0.1) is 0 Å². The lowest BCUT2D eigenvalue weighted by molar-refractivity contribution is 0.0947. The van der Waals surface area contributed by atoms with Gasteiger partial charge in [0.15, 0.2) is 0 Å². The molecule has 0 bridgehead atoms. The fourth-order valence-electron chi connectivity index (χ4n) is 2.57. The standard InChI is InChI=1S/C22H21N3O3/c23-21(26)20-11-10-19(13-24-20)22(27)25-12-16-6-8-18(9-7-16)15-28-14-17-4-2-1-3-5-17/h1-11,13H,12,14-15H2,(H2,23,26)(H,25,27). The highest BCUT2D eigenvalue weighted by molar-refractivity contribution is 5.95. The van der Waals surface area contributed by atoms with Crippen LogP contribution >= 0.6 is 0 Å². The number of hydrogen-bond acceptors (Lipinski definition) is 4. The fraction of sp³-hybridized carbons (Fsp3) is 0.136. The minimum Gasteiger partial charge on any atom is -0.372 e. The number of carbonyl (C=O) groups is 2. The molecule has 1 aromatic heterocycles. The van der Waals surface area contributed by atoms with E-state index in [1.54, 1.807) is 0 Å². The molecule has 0 aliphatic heterocycles. The van der Waals surface area contributed by atoms with Crippen LogP contribution in [0.1, 0.15) is 37.5 Å². The Kier molecular flexibility index (Phi) is 6.49. The molecule has 0 radical (unpaired) electrons. The Labute approximate surface area is 163 Å². The summed E-state index contributed by atoms with van der Waals surface area (Å²) in [7, 11) is 0. The van der Waals surface area contributed by atoms with Crippen molar-refractivity contribution < 1.29 is 14.3 Å². The van der Waals surface area contributed by atoms with E-state index >= 15 is 0 Å². The predicted octanol–water partition coefficient (Wildman–Crippen LogP) is 2.83. The highest BCUT2D eigenvalue weighted by Gasteiger charge is 2.08. The average molecular weight is 375 g/mol. The molecule has 0 spiro atoms. The van der Waals surface area contributed by atoms with Crippen LogP contribution in [0, 0.1) is 0 Å². The van der Waals surface area contributed by atoms with Crippen molar-refractivity contribution in [3.05, 3.63) is 101 Å². The van der Waals surface area contributed by atoms with Gasteiger partial charge in [-0.05, 0) is 28.8 Å². The molecule has 1 heterocycles. The number of primary amides is 1. The van der Waals surface area contributed by atoms with E-state index < -0.39 is 5.91 Å². The Morgan fingerprint density at radius 2 is 1.50 bits per heavy atom. The maximum atomic E-state index is 12.2. The van der Waals surface area contributed by atoms with E-state index in [-0.39, 0.29) is 11.6 Å². The van der Waals surface area contributed by atoms with Gasteiger partial charge in [0, 0.05) is 12.7 Å². The van der Waals surface area contributed by atoms with Crippen molar-refractivity contribution in [2.45, 2.75) is 19.8 Å². The number of benzene rings is 2. The van der Waals surface area contributed by atoms with Gasteiger partial charge in [-0.2, -0.15) is 0 Å². The molecule has 2 aromatic carbocycles. The van der Waals surface area contributed by atoms with E-state index in [0.29, 0.717) is 25.3 Å². The summed E-state index contributed by atoms with van der Waals surface area (Å²) in [5.41, 5.74) is 8.81. The highest BCUT2D eigenvalue weighted by Crippen LogP contribution is 2.09. The number of ether oxygens (including phenoxy) is 1. The summed E-state index contributed by atoms with van der Waals surface area (Å²) in [5.74, 6) is -0.890. The minimum atomic E-state index is -0.625. The number of pyridine rings is 1. The molecule has 6 heteroatoms. The van der Waals surface area contributed by atoms with E-state index in [0.717, 1.165) is 16.7 Å². The smallest absolute Gasteiger partial charge is 0.267 e. The SMILES string of the molecule is NC(=O)c1ccc(C(=O)NCc2ccc(COCc3ccccc3)cc2)cn1. The molecule has 3 N–H and O–H groups in total. The second kappa shape index (κ2) is 9.43. The molecule has 6 nitrogen and oxygen atoms in total. The molecule has 2 amide bonds. The Balaban J connectivity index is 1.46. The molecule has 3 aromatic rings. The van der Waals surface area contributed by atoms with Crippen LogP contribution in [-0.2, 0) is 24.5 Å². The van der Waals surface area contributed by atoms with Crippen molar-refractivity contribution in [2.75, 3.05) is 0 Å². The zero-order valence-corrected chi connectivity index (χ0v) is 15.3. The van der Waals surface area contributed by atoms with Gasteiger partial charge in [0.1, 0.15) is 5.69 Å². The van der Waals surface area contributed by atoms with Gasteiger partial charge in [-0.3, -0.25) is 14.6 Å². The van der Waals surface area contributed by atoms with E-state index in [1.807, 2.05) is 54.6 Å². The van der Waals surface area contributed by atoms with Crippen LogP contribution < -0.4 is 11.1 Å². The van der Waals surface area contributed by atoms with Crippen molar-refractivity contribution in [2.24, 2.45) is 5.73 Å². The van der Waals surface area contributed by atoms with Gasteiger partial charge >= 0.3 is 0 Å². The molecular formula is C22H21N3O3. The van der Waals surface area contributed by atoms with E-state index in [2.05, 4.69) is 10.3 Å². The molecule has 0 aliphatic rings. The highest BCUT2D eigenvalue weighted by atomic mass is 16.5. The molecule has 0 saturated carbocycles. The summed E-state index contributed by atoms with van der Waals surface area (Å²) in [5, 5.41) is 2.82. The van der Waals surface area contributed by atoms with Gasteiger partial charge in [-0.1, -0.05) is 54.6 Å². The van der Waals surface area contributed by atoms with Crippen molar-refractivity contribution in [3.63, 3.8) is 0 Å². The van der Waals surface area contributed by atoms with Gasteiger partial charge in [0.2, 0.25) is 0 Å². The van der Waals surface area contributed by atoms with Crippen molar-refractivity contribution >= 4 is 11.8 Å². The largest absolute Gasteiger partial charge is 0.372 e. The van der Waals surface area contributed by atoms with Crippen molar-refractivity contribution in [3.8, 4) is 0 Å². The van der Waals surface area contributed by atoms with Crippen LogP contribution in [0.2, 0.25) is 0 Å². The minimum absolute atomic E-state index is 0.127.